The van der Waals surface area contributed by atoms with E-state index in [9.17, 15) is 9.90 Å². The summed E-state index contributed by atoms with van der Waals surface area (Å²) in [5.74, 6) is -0.254. The molecule has 1 fully saturated rings. The number of carbonyl (C=O) groups excluding carboxylic acids is 1. The van der Waals surface area contributed by atoms with E-state index in [1.165, 1.54) is 0 Å². The maximum Gasteiger partial charge on any atom is 0.252 e. The Morgan fingerprint density at radius 2 is 2.24 bits per heavy atom. The van der Waals surface area contributed by atoms with E-state index < -0.39 is 5.60 Å². The lowest BCUT2D eigenvalue weighted by Gasteiger charge is -2.23. The van der Waals surface area contributed by atoms with E-state index >= 15 is 0 Å². The fourth-order valence-electron chi connectivity index (χ4n) is 2.15. The van der Waals surface area contributed by atoms with Gasteiger partial charge in [-0.15, -0.1) is 11.3 Å². The third-order valence-corrected chi connectivity index (χ3v) is 4.31. The van der Waals surface area contributed by atoms with Crippen LogP contribution in [0.3, 0.4) is 0 Å². The van der Waals surface area contributed by atoms with E-state index in [-0.39, 0.29) is 11.9 Å². The molecule has 5 heteroatoms. The van der Waals surface area contributed by atoms with Crippen LogP contribution in [0.4, 0.5) is 0 Å². The van der Waals surface area contributed by atoms with E-state index in [0.29, 0.717) is 12.8 Å². The lowest BCUT2D eigenvalue weighted by molar-refractivity contribution is -0.139. The van der Waals surface area contributed by atoms with Gasteiger partial charge < -0.3 is 10.4 Å². The quantitative estimate of drug-likeness (QED) is 0.866. The Labute approximate surface area is 105 Å². The van der Waals surface area contributed by atoms with Gasteiger partial charge in [0.1, 0.15) is 10.6 Å². The topological polar surface area (TPSA) is 62.2 Å². The molecule has 0 spiro atoms. The summed E-state index contributed by atoms with van der Waals surface area (Å²) in [5.41, 5.74) is -1.15. The first-order chi connectivity index (χ1) is 8.01. The van der Waals surface area contributed by atoms with Gasteiger partial charge in [-0.2, -0.15) is 0 Å². The zero-order valence-corrected chi connectivity index (χ0v) is 11.0. The molecule has 0 saturated heterocycles. The minimum Gasteiger partial charge on any atom is -0.380 e. The van der Waals surface area contributed by atoms with Crippen LogP contribution in [0, 0.1) is 6.92 Å². The Morgan fingerprint density at radius 3 is 2.76 bits per heavy atom. The van der Waals surface area contributed by atoms with Crippen molar-refractivity contribution in [3.05, 3.63) is 16.1 Å². The van der Waals surface area contributed by atoms with Crippen molar-refractivity contribution in [2.24, 2.45) is 0 Å². The van der Waals surface area contributed by atoms with Crippen molar-refractivity contribution < 1.29 is 9.90 Å². The second kappa shape index (κ2) is 4.74. The number of aromatic nitrogens is 1. The summed E-state index contributed by atoms with van der Waals surface area (Å²) in [4.78, 5) is 17.3. The van der Waals surface area contributed by atoms with Gasteiger partial charge in [0.05, 0.1) is 6.04 Å². The maximum absolute atomic E-state index is 12.0. The third kappa shape index (κ3) is 2.66. The molecule has 1 aromatic rings. The highest BCUT2D eigenvalue weighted by atomic mass is 32.1. The standard InChI is InChI=1S/C12H18N2O2S/c1-8-7-13-10(17-8)9(2)14-11(15)12(16)5-3-4-6-12/h7,9,16H,3-6H2,1-2H3,(H,14,15). The van der Waals surface area contributed by atoms with Gasteiger partial charge in [-0.3, -0.25) is 4.79 Å². The van der Waals surface area contributed by atoms with Crippen molar-refractivity contribution in [1.29, 1.82) is 0 Å². The van der Waals surface area contributed by atoms with E-state index in [0.717, 1.165) is 22.7 Å². The van der Waals surface area contributed by atoms with Crippen molar-refractivity contribution in [3.63, 3.8) is 0 Å². The van der Waals surface area contributed by atoms with Gasteiger partial charge in [0, 0.05) is 11.1 Å². The average Bonchev–Trinajstić information content (AvgIpc) is 2.88. The molecule has 17 heavy (non-hydrogen) atoms. The first kappa shape index (κ1) is 12.5. The molecule has 0 aliphatic heterocycles. The molecular weight excluding hydrogens is 236 g/mol. The second-order valence-corrected chi connectivity index (χ2v) is 6.01. The van der Waals surface area contributed by atoms with Crippen molar-refractivity contribution in [3.8, 4) is 0 Å². The fraction of sp³-hybridized carbons (Fsp3) is 0.667. The first-order valence-corrected chi connectivity index (χ1v) is 6.78. The number of rotatable bonds is 3. The zero-order chi connectivity index (χ0) is 12.5. The van der Waals surface area contributed by atoms with Gasteiger partial charge >= 0.3 is 0 Å². The van der Waals surface area contributed by atoms with Crippen molar-refractivity contribution in [2.45, 2.75) is 51.2 Å². The number of nitrogens with zero attached hydrogens (tertiary/aromatic N) is 1. The molecule has 1 atom stereocenters. The number of carbonyl (C=O) groups is 1. The van der Waals surface area contributed by atoms with Gasteiger partial charge in [0.15, 0.2) is 0 Å². The van der Waals surface area contributed by atoms with E-state index in [2.05, 4.69) is 10.3 Å². The maximum atomic E-state index is 12.0. The Balaban J connectivity index is 1.99. The largest absolute Gasteiger partial charge is 0.380 e. The predicted molar refractivity (Wildman–Crippen MR) is 66.8 cm³/mol. The van der Waals surface area contributed by atoms with Crippen LogP contribution in [-0.4, -0.2) is 21.6 Å². The molecule has 1 aliphatic rings. The number of aliphatic hydroxyl groups is 1. The number of nitrogens with one attached hydrogen (secondary N) is 1. The van der Waals surface area contributed by atoms with Crippen molar-refractivity contribution in [1.82, 2.24) is 10.3 Å². The molecule has 2 N–H and O–H groups in total. The highest BCUT2D eigenvalue weighted by Gasteiger charge is 2.39. The fourth-order valence-corrected chi connectivity index (χ4v) is 2.93. The molecule has 1 heterocycles. The normalized spacial score (nSPS) is 20.2. The van der Waals surface area contributed by atoms with Crippen LogP contribution in [0.1, 0.15) is 48.5 Å². The minimum atomic E-state index is -1.15. The zero-order valence-electron chi connectivity index (χ0n) is 10.2. The van der Waals surface area contributed by atoms with Crippen LogP contribution >= 0.6 is 11.3 Å². The summed E-state index contributed by atoms with van der Waals surface area (Å²) >= 11 is 1.57. The molecule has 2 rings (SSSR count). The lowest BCUT2D eigenvalue weighted by Crippen LogP contribution is -2.45. The molecule has 1 aliphatic carbocycles. The van der Waals surface area contributed by atoms with Crippen molar-refractivity contribution in [2.75, 3.05) is 0 Å². The number of amides is 1. The molecule has 0 bridgehead atoms. The van der Waals surface area contributed by atoms with Crippen LogP contribution < -0.4 is 5.32 Å². The third-order valence-electron chi connectivity index (χ3n) is 3.21. The molecule has 94 valence electrons. The number of hydrogen-bond acceptors (Lipinski definition) is 4. The van der Waals surface area contributed by atoms with Gasteiger partial charge in [-0.25, -0.2) is 4.98 Å². The molecule has 1 aromatic heterocycles. The van der Waals surface area contributed by atoms with Crippen LogP contribution in [0.2, 0.25) is 0 Å². The minimum absolute atomic E-state index is 0.133. The predicted octanol–water partition coefficient (Wildman–Crippen LogP) is 1.93. The number of aryl methyl sites for hydroxylation is 1. The van der Waals surface area contributed by atoms with E-state index in [1.54, 1.807) is 17.5 Å². The SMILES string of the molecule is Cc1cnc(C(C)NC(=O)C2(O)CCCC2)s1. The Bertz CT molecular complexity index is 410. The molecular formula is C12H18N2O2S. The average molecular weight is 254 g/mol. The molecule has 0 radical (unpaired) electrons. The van der Waals surface area contributed by atoms with Crippen molar-refractivity contribution >= 4 is 17.2 Å². The van der Waals surface area contributed by atoms with Gasteiger partial charge in [0.2, 0.25) is 0 Å². The highest BCUT2D eigenvalue weighted by Crippen LogP contribution is 2.30. The van der Waals surface area contributed by atoms with E-state index in [4.69, 9.17) is 0 Å². The van der Waals surface area contributed by atoms with Crippen LogP contribution in [-0.2, 0) is 4.79 Å². The number of thiazole rings is 1. The summed E-state index contributed by atoms with van der Waals surface area (Å²) in [6.45, 7) is 3.88. The van der Waals surface area contributed by atoms with Crippen LogP contribution in [0.25, 0.3) is 0 Å². The Hall–Kier alpha value is -0.940. The smallest absolute Gasteiger partial charge is 0.252 e. The summed E-state index contributed by atoms with van der Waals surface area (Å²) in [6, 6.07) is -0.133. The molecule has 1 unspecified atom stereocenters. The Kier molecular flexibility index (Phi) is 3.49. The molecule has 1 saturated carbocycles. The summed E-state index contributed by atoms with van der Waals surface area (Å²) in [6.07, 6.45) is 4.79. The van der Waals surface area contributed by atoms with Gasteiger partial charge in [-0.1, -0.05) is 0 Å². The summed E-state index contributed by atoms with van der Waals surface area (Å²) in [7, 11) is 0. The van der Waals surface area contributed by atoms with Gasteiger partial charge in [0.25, 0.3) is 5.91 Å². The first-order valence-electron chi connectivity index (χ1n) is 5.97. The van der Waals surface area contributed by atoms with Crippen LogP contribution in [0.5, 0.6) is 0 Å². The highest BCUT2D eigenvalue weighted by molar-refractivity contribution is 7.11. The summed E-state index contributed by atoms with van der Waals surface area (Å²) in [5, 5.41) is 13.9. The second-order valence-electron chi connectivity index (χ2n) is 4.74. The van der Waals surface area contributed by atoms with E-state index in [1.807, 2.05) is 13.8 Å². The summed E-state index contributed by atoms with van der Waals surface area (Å²) < 4.78 is 0. The number of hydrogen-bond donors (Lipinski definition) is 2. The molecule has 1 amide bonds. The van der Waals surface area contributed by atoms with Crippen LogP contribution in [0.15, 0.2) is 6.20 Å². The molecule has 4 nitrogen and oxygen atoms in total. The lowest BCUT2D eigenvalue weighted by atomic mass is 10.0. The Morgan fingerprint density at radius 1 is 1.59 bits per heavy atom. The molecule has 0 aromatic carbocycles. The van der Waals surface area contributed by atoms with Gasteiger partial charge in [-0.05, 0) is 39.5 Å². The monoisotopic (exact) mass is 254 g/mol.